The summed E-state index contributed by atoms with van der Waals surface area (Å²) in [6.45, 7) is 0. The summed E-state index contributed by atoms with van der Waals surface area (Å²) in [5, 5.41) is 7.11. The van der Waals surface area contributed by atoms with Crippen LogP contribution in [0.3, 0.4) is 0 Å². The lowest BCUT2D eigenvalue weighted by Gasteiger charge is -2.16. The molecular formula is C14H12F2N2S. The van der Waals surface area contributed by atoms with Crippen molar-refractivity contribution in [2.75, 3.05) is 0 Å². The van der Waals surface area contributed by atoms with Gasteiger partial charge >= 0.3 is 0 Å². The Labute approximate surface area is 114 Å². The Hall–Kier alpha value is -1.88. The fourth-order valence-electron chi connectivity index (χ4n) is 1.73. The molecule has 0 unspecified atom stereocenters. The van der Waals surface area contributed by atoms with E-state index < -0.39 is 0 Å². The van der Waals surface area contributed by atoms with Crippen molar-refractivity contribution in [3.8, 4) is 0 Å². The van der Waals surface area contributed by atoms with Crippen LogP contribution in [-0.4, -0.2) is 5.17 Å². The quantitative estimate of drug-likeness (QED) is 0.664. The number of thioether (sulfide) groups is 1. The lowest BCUT2D eigenvalue weighted by Crippen LogP contribution is -2.09. The molecule has 0 aliphatic heterocycles. The van der Waals surface area contributed by atoms with Crippen molar-refractivity contribution in [2.24, 2.45) is 5.73 Å². The Balaban J connectivity index is 2.37. The minimum atomic E-state index is -0.325. The third kappa shape index (κ3) is 3.54. The van der Waals surface area contributed by atoms with Crippen LogP contribution in [0.2, 0.25) is 0 Å². The summed E-state index contributed by atoms with van der Waals surface area (Å²) in [7, 11) is 0. The summed E-state index contributed by atoms with van der Waals surface area (Å²) in [5.74, 6) is -0.649. The average molecular weight is 278 g/mol. The van der Waals surface area contributed by atoms with Crippen LogP contribution >= 0.6 is 11.8 Å². The van der Waals surface area contributed by atoms with Crippen molar-refractivity contribution in [2.45, 2.75) is 5.25 Å². The molecule has 0 amide bonds. The highest BCUT2D eigenvalue weighted by Gasteiger charge is 2.16. The molecule has 2 rings (SSSR count). The average Bonchev–Trinajstić information content (AvgIpc) is 2.38. The molecule has 0 aliphatic carbocycles. The Morgan fingerprint density at radius 2 is 1.26 bits per heavy atom. The van der Waals surface area contributed by atoms with Gasteiger partial charge in [-0.1, -0.05) is 36.0 Å². The van der Waals surface area contributed by atoms with E-state index in [-0.39, 0.29) is 22.1 Å². The van der Waals surface area contributed by atoms with Crippen LogP contribution in [-0.2, 0) is 0 Å². The summed E-state index contributed by atoms with van der Waals surface area (Å²) in [5.41, 5.74) is 7.05. The van der Waals surface area contributed by atoms with Gasteiger partial charge in [-0.05, 0) is 35.4 Å². The summed E-state index contributed by atoms with van der Waals surface area (Å²) < 4.78 is 25.9. The van der Waals surface area contributed by atoms with Crippen LogP contribution in [0, 0.1) is 17.0 Å². The number of amidine groups is 1. The van der Waals surface area contributed by atoms with Crippen molar-refractivity contribution < 1.29 is 8.78 Å². The van der Waals surface area contributed by atoms with Crippen molar-refractivity contribution in [1.82, 2.24) is 0 Å². The van der Waals surface area contributed by atoms with E-state index in [2.05, 4.69) is 0 Å². The third-order valence-corrected chi connectivity index (χ3v) is 3.62. The molecule has 0 aliphatic rings. The number of halogens is 2. The van der Waals surface area contributed by atoms with E-state index >= 15 is 0 Å². The van der Waals surface area contributed by atoms with E-state index in [1.165, 1.54) is 24.3 Å². The maximum Gasteiger partial charge on any atom is 0.151 e. The zero-order chi connectivity index (χ0) is 13.8. The van der Waals surface area contributed by atoms with Gasteiger partial charge in [0.15, 0.2) is 5.17 Å². The number of benzene rings is 2. The molecule has 0 atom stereocenters. The predicted octanol–water partition coefficient (Wildman–Crippen LogP) is 3.68. The topological polar surface area (TPSA) is 49.9 Å². The monoisotopic (exact) mass is 278 g/mol. The molecule has 19 heavy (non-hydrogen) atoms. The second-order valence-corrected chi connectivity index (χ2v) is 5.11. The van der Waals surface area contributed by atoms with E-state index in [0.29, 0.717) is 0 Å². The molecule has 3 N–H and O–H groups in total. The third-order valence-electron chi connectivity index (χ3n) is 2.59. The summed E-state index contributed by atoms with van der Waals surface area (Å²) in [4.78, 5) is 0. The molecule has 0 fully saturated rings. The molecule has 0 aromatic heterocycles. The van der Waals surface area contributed by atoms with Crippen LogP contribution < -0.4 is 5.73 Å². The number of rotatable bonds is 3. The van der Waals surface area contributed by atoms with Crippen LogP contribution in [0.4, 0.5) is 8.78 Å². The number of nitrogens with two attached hydrogens (primary N) is 1. The van der Waals surface area contributed by atoms with Crippen LogP contribution in [0.15, 0.2) is 48.5 Å². The minimum Gasteiger partial charge on any atom is -0.379 e. The number of hydrogen-bond donors (Lipinski definition) is 2. The van der Waals surface area contributed by atoms with Gasteiger partial charge in [0, 0.05) is 0 Å². The van der Waals surface area contributed by atoms with Gasteiger partial charge < -0.3 is 5.73 Å². The number of hydrogen-bond acceptors (Lipinski definition) is 2. The summed E-state index contributed by atoms with van der Waals surface area (Å²) in [6.07, 6.45) is 0. The first-order valence-corrected chi connectivity index (χ1v) is 6.46. The molecule has 2 aromatic carbocycles. The van der Waals surface area contributed by atoms with E-state index in [9.17, 15) is 8.78 Å². The Morgan fingerprint density at radius 3 is 1.58 bits per heavy atom. The van der Waals surface area contributed by atoms with Gasteiger partial charge in [0.05, 0.1) is 5.25 Å². The molecule has 0 radical (unpaired) electrons. The standard InChI is InChI=1S/C14H12F2N2S/c15-11-5-1-9(2-6-11)13(19-14(17)18)10-3-7-12(16)8-4-10/h1-8,13H,(H3,17,18). The fraction of sp³-hybridized carbons (Fsp3) is 0.0714. The van der Waals surface area contributed by atoms with E-state index in [1.54, 1.807) is 24.3 Å². The number of nitrogens with one attached hydrogen (secondary N) is 1. The van der Waals surface area contributed by atoms with Crippen LogP contribution in [0.1, 0.15) is 16.4 Å². The Morgan fingerprint density at radius 1 is 0.895 bits per heavy atom. The molecule has 98 valence electrons. The molecule has 0 heterocycles. The Kier molecular flexibility index (Phi) is 4.16. The highest BCUT2D eigenvalue weighted by atomic mass is 32.2. The van der Waals surface area contributed by atoms with Crippen molar-refractivity contribution in [3.05, 3.63) is 71.3 Å². The van der Waals surface area contributed by atoms with Crippen molar-refractivity contribution in [1.29, 1.82) is 5.41 Å². The van der Waals surface area contributed by atoms with Gasteiger partial charge in [0.25, 0.3) is 0 Å². The highest BCUT2D eigenvalue weighted by Crippen LogP contribution is 2.35. The van der Waals surface area contributed by atoms with Gasteiger partial charge in [0.2, 0.25) is 0 Å². The first kappa shape index (κ1) is 13.5. The summed E-state index contributed by atoms with van der Waals surface area (Å²) in [6, 6.07) is 12.0. The van der Waals surface area contributed by atoms with Gasteiger partial charge in [-0.15, -0.1) is 0 Å². The van der Waals surface area contributed by atoms with Gasteiger partial charge in [-0.2, -0.15) is 0 Å². The fourth-order valence-corrected chi connectivity index (χ4v) is 2.57. The molecule has 0 saturated carbocycles. The minimum absolute atomic E-state index is 0.0429. The zero-order valence-electron chi connectivity index (χ0n) is 9.94. The molecule has 2 nitrogen and oxygen atoms in total. The van der Waals surface area contributed by atoms with E-state index in [0.717, 1.165) is 22.9 Å². The first-order chi connectivity index (χ1) is 9.06. The first-order valence-electron chi connectivity index (χ1n) is 5.58. The predicted molar refractivity (Wildman–Crippen MR) is 74.1 cm³/mol. The second kappa shape index (κ2) is 5.84. The largest absolute Gasteiger partial charge is 0.379 e. The van der Waals surface area contributed by atoms with E-state index in [4.69, 9.17) is 11.1 Å². The lowest BCUT2D eigenvalue weighted by molar-refractivity contribution is 0.626. The maximum absolute atomic E-state index is 12.9. The SMILES string of the molecule is N=C(N)SC(c1ccc(F)cc1)c1ccc(F)cc1. The van der Waals surface area contributed by atoms with E-state index in [1.807, 2.05) is 0 Å². The smallest absolute Gasteiger partial charge is 0.151 e. The lowest BCUT2D eigenvalue weighted by atomic mass is 10.0. The maximum atomic E-state index is 12.9. The highest BCUT2D eigenvalue weighted by molar-refractivity contribution is 8.14. The van der Waals surface area contributed by atoms with Gasteiger partial charge in [-0.3, -0.25) is 5.41 Å². The molecule has 0 saturated heterocycles. The van der Waals surface area contributed by atoms with Gasteiger partial charge in [-0.25, -0.2) is 8.78 Å². The molecule has 0 spiro atoms. The summed E-state index contributed by atoms with van der Waals surface area (Å²) >= 11 is 1.13. The zero-order valence-corrected chi connectivity index (χ0v) is 10.8. The van der Waals surface area contributed by atoms with Crippen molar-refractivity contribution >= 4 is 16.9 Å². The van der Waals surface area contributed by atoms with Crippen LogP contribution in [0.5, 0.6) is 0 Å². The molecular weight excluding hydrogens is 266 g/mol. The van der Waals surface area contributed by atoms with Crippen molar-refractivity contribution in [3.63, 3.8) is 0 Å². The normalized spacial score (nSPS) is 10.7. The Bertz CT molecular complexity index is 522. The second-order valence-electron chi connectivity index (χ2n) is 3.97. The van der Waals surface area contributed by atoms with Crippen LogP contribution in [0.25, 0.3) is 0 Å². The van der Waals surface area contributed by atoms with Gasteiger partial charge in [0.1, 0.15) is 11.6 Å². The molecule has 2 aromatic rings. The molecule has 0 bridgehead atoms. The molecule has 5 heteroatoms.